The Kier molecular flexibility index (Phi) is 4.52. The van der Waals surface area contributed by atoms with Gasteiger partial charge in [0.25, 0.3) is 0 Å². The van der Waals surface area contributed by atoms with Gasteiger partial charge < -0.3 is 19.8 Å². The Morgan fingerprint density at radius 1 is 1.50 bits per heavy atom. The fraction of sp³-hybridized carbons (Fsp3) is 0.500. The lowest BCUT2D eigenvalue weighted by atomic mass is 10.0. The molecule has 1 saturated heterocycles. The van der Waals surface area contributed by atoms with Crippen LogP contribution in [0.15, 0.2) is 12.1 Å². The second-order valence-corrected chi connectivity index (χ2v) is 5.30. The summed E-state index contributed by atoms with van der Waals surface area (Å²) >= 11 is 6.03. The second kappa shape index (κ2) is 5.99. The highest BCUT2D eigenvalue weighted by Crippen LogP contribution is 2.31. The summed E-state index contributed by atoms with van der Waals surface area (Å²) in [6.45, 7) is 5.05. The molecule has 0 bridgehead atoms. The summed E-state index contributed by atoms with van der Waals surface area (Å²) in [7, 11) is 0. The van der Waals surface area contributed by atoms with Gasteiger partial charge in [0.1, 0.15) is 0 Å². The maximum Gasteiger partial charge on any atom is 0.336 e. The van der Waals surface area contributed by atoms with Gasteiger partial charge in [-0.1, -0.05) is 11.6 Å². The van der Waals surface area contributed by atoms with E-state index in [9.17, 15) is 15.0 Å². The van der Waals surface area contributed by atoms with Crippen LogP contribution in [-0.4, -0.2) is 48.1 Å². The molecule has 0 amide bonds. The first kappa shape index (κ1) is 15.1. The van der Waals surface area contributed by atoms with Gasteiger partial charge in [0.05, 0.1) is 30.9 Å². The van der Waals surface area contributed by atoms with Crippen molar-refractivity contribution in [3.05, 3.63) is 28.3 Å². The van der Waals surface area contributed by atoms with Crippen molar-refractivity contribution in [3.8, 4) is 0 Å². The van der Waals surface area contributed by atoms with Crippen molar-refractivity contribution in [2.75, 3.05) is 24.7 Å². The number of aliphatic hydroxyl groups excluding tert-OH is 1. The van der Waals surface area contributed by atoms with E-state index in [-0.39, 0.29) is 11.6 Å². The normalized spacial score (nSPS) is 22.0. The molecule has 20 heavy (non-hydrogen) atoms. The molecule has 1 aliphatic heterocycles. The van der Waals surface area contributed by atoms with Gasteiger partial charge in [-0.25, -0.2) is 4.79 Å². The number of carboxylic acids is 1. The Morgan fingerprint density at radius 2 is 2.20 bits per heavy atom. The van der Waals surface area contributed by atoms with E-state index in [0.717, 1.165) is 5.69 Å². The van der Waals surface area contributed by atoms with E-state index < -0.39 is 12.1 Å². The van der Waals surface area contributed by atoms with Crippen molar-refractivity contribution >= 4 is 23.3 Å². The summed E-state index contributed by atoms with van der Waals surface area (Å²) in [4.78, 5) is 13.2. The van der Waals surface area contributed by atoms with Gasteiger partial charge in [-0.2, -0.15) is 0 Å². The maximum absolute atomic E-state index is 11.3. The predicted molar refractivity (Wildman–Crippen MR) is 76.8 cm³/mol. The first-order valence-corrected chi connectivity index (χ1v) is 6.89. The molecule has 0 unspecified atom stereocenters. The van der Waals surface area contributed by atoms with Crippen molar-refractivity contribution in [1.82, 2.24) is 0 Å². The molecule has 6 heteroatoms. The van der Waals surface area contributed by atoms with E-state index in [1.807, 2.05) is 11.8 Å². The second-order valence-electron chi connectivity index (χ2n) is 4.86. The van der Waals surface area contributed by atoms with Gasteiger partial charge in [-0.15, -0.1) is 0 Å². The van der Waals surface area contributed by atoms with Crippen LogP contribution in [0.3, 0.4) is 0 Å². The maximum atomic E-state index is 11.3. The molecule has 0 aliphatic carbocycles. The molecule has 1 fully saturated rings. The van der Waals surface area contributed by atoms with E-state index in [1.165, 1.54) is 6.07 Å². The van der Waals surface area contributed by atoms with Crippen LogP contribution in [0, 0.1) is 6.92 Å². The van der Waals surface area contributed by atoms with Gasteiger partial charge in [0.2, 0.25) is 0 Å². The van der Waals surface area contributed by atoms with E-state index in [1.54, 1.807) is 13.0 Å². The van der Waals surface area contributed by atoms with Crippen LogP contribution in [0.5, 0.6) is 0 Å². The van der Waals surface area contributed by atoms with E-state index in [4.69, 9.17) is 16.3 Å². The molecule has 2 atom stereocenters. The van der Waals surface area contributed by atoms with Gasteiger partial charge >= 0.3 is 5.97 Å². The summed E-state index contributed by atoms with van der Waals surface area (Å²) in [5.41, 5.74) is 1.55. The quantitative estimate of drug-likeness (QED) is 0.889. The van der Waals surface area contributed by atoms with Crippen molar-refractivity contribution in [2.24, 2.45) is 0 Å². The monoisotopic (exact) mass is 299 g/mol. The zero-order valence-electron chi connectivity index (χ0n) is 11.5. The van der Waals surface area contributed by atoms with Crippen LogP contribution >= 0.6 is 11.6 Å². The zero-order chi connectivity index (χ0) is 14.9. The molecule has 2 rings (SSSR count). The fourth-order valence-electron chi connectivity index (χ4n) is 2.60. The topological polar surface area (TPSA) is 70.0 Å². The smallest absolute Gasteiger partial charge is 0.336 e. The van der Waals surface area contributed by atoms with Crippen LogP contribution in [0.1, 0.15) is 22.8 Å². The number of anilines is 1. The number of nitrogens with zero attached hydrogens (tertiary/aromatic N) is 1. The minimum Gasteiger partial charge on any atom is -0.478 e. The summed E-state index contributed by atoms with van der Waals surface area (Å²) < 4.78 is 5.28. The van der Waals surface area contributed by atoms with E-state index in [2.05, 4.69) is 0 Å². The Labute approximate surface area is 122 Å². The lowest BCUT2D eigenvalue weighted by Crippen LogP contribution is -2.43. The van der Waals surface area contributed by atoms with Gasteiger partial charge in [-0.05, 0) is 31.5 Å². The largest absolute Gasteiger partial charge is 0.478 e. The number of carbonyl (C=O) groups is 1. The van der Waals surface area contributed by atoms with Gasteiger partial charge in [0.15, 0.2) is 0 Å². The molecule has 0 radical (unpaired) electrons. The summed E-state index contributed by atoms with van der Waals surface area (Å²) in [5.74, 6) is -1.01. The number of ether oxygens (including phenoxy) is 1. The average Bonchev–Trinajstić information content (AvgIpc) is 2.80. The third kappa shape index (κ3) is 2.75. The lowest BCUT2D eigenvalue weighted by Gasteiger charge is -2.32. The number of benzene rings is 1. The van der Waals surface area contributed by atoms with E-state index in [0.29, 0.717) is 30.3 Å². The van der Waals surface area contributed by atoms with Crippen LogP contribution in [0.2, 0.25) is 5.02 Å². The Morgan fingerprint density at radius 3 is 2.70 bits per heavy atom. The van der Waals surface area contributed by atoms with Crippen LogP contribution in [-0.2, 0) is 4.74 Å². The number of hydrogen-bond acceptors (Lipinski definition) is 4. The molecule has 0 saturated carbocycles. The molecule has 1 aromatic rings. The van der Waals surface area contributed by atoms with Gasteiger partial charge in [-0.3, -0.25) is 0 Å². The molecule has 1 heterocycles. The third-order valence-corrected chi connectivity index (χ3v) is 3.87. The molecule has 5 nitrogen and oxygen atoms in total. The number of hydrogen-bond donors (Lipinski definition) is 2. The number of likely N-dealkylation sites (N-methyl/N-ethyl adjacent to an activating group) is 1. The Hall–Kier alpha value is -1.30. The molecular formula is C14H18ClNO4. The minimum absolute atomic E-state index is 0.180. The highest BCUT2D eigenvalue weighted by molar-refractivity contribution is 6.31. The molecule has 0 spiro atoms. The summed E-state index contributed by atoms with van der Waals surface area (Å²) in [5, 5.41) is 19.6. The lowest BCUT2D eigenvalue weighted by molar-refractivity contribution is 0.0696. The zero-order valence-corrected chi connectivity index (χ0v) is 12.2. The van der Waals surface area contributed by atoms with Crippen molar-refractivity contribution in [3.63, 3.8) is 0 Å². The molecular weight excluding hydrogens is 282 g/mol. The first-order valence-electron chi connectivity index (χ1n) is 6.51. The molecule has 1 aliphatic rings. The SMILES string of the molecule is CCN(c1cc(Cl)cc(C(=O)O)c1C)[C@H]1COC[C@@H]1O. The molecule has 1 aromatic carbocycles. The molecule has 110 valence electrons. The van der Waals surface area contributed by atoms with Crippen LogP contribution in [0.4, 0.5) is 5.69 Å². The number of carboxylic acid groups (broad SMARTS) is 1. The number of aliphatic hydroxyl groups is 1. The standard InChI is InChI=1S/C14H18ClNO4/c1-3-16(12-6-20-7-13(12)17)11-5-9(15)4-10(8(11)2)14(18)19/h4-5,12-13,17H,3,6-7H2,1-2H3,(H,18,19)/t12-,13-/m0/s1. The predicted octanol–water partition coefficient (Wildman–Crippen LogP) is 1.93. The Bertz CT molecular complexity index is 520. The fourth-order valence-corrected chi connectivity index (χ4v) is 2.81. The van der Waals surface area contributed by atoms with Crippen LogP contribution < -0.4 is 4.90 Å². The van der Waals surface area contributed by atoms with Gasteiger partial charge in [0, 0.05) is 17.3 Å². The summed E-state index contributed by atoms with van der Waals surface area (Å²) in [6.07, 6.45) is -0.582. The molecule has 0 aromatic heterocycles. The minimum atomic E-state index is -1.01. The van der Waals surface area contributed by atoms with Crippen molar-refractivity contribution in [2.45, 2.75) is 26.0 Å². The Balaban J connectivity index is 2.46. The third-order valence-electron chi connectivity index (χ3n) is 3.65. The van der Waals surface area contributed by atoms with Crippen LogP contribution in [0.25, 0.3) is 0 Å². The van der Waals surface area contributed by atoms with Crippen molar-refractivity contribution in [1.29, 1.82) is 0 Å². The number of rotatable bonds is 4. The molecule has 2 N–H and O–H groups in total. The average molecular weight is 300 g/mol. The highest BCUT2D eigenvalue weighted by Gasteiger charge is 2.32. The number of aromatic carboxylic acids is 1. The first-order chi connectivity index (χ1) is 9.45. The number of halogens is 1. The van der Waals surface area contributed by atoms with Crippen molar-refractivity contribution < 1.29 is 19.7 Å². The summed E-state index contributed by atoms with van der Waals surface area (Å²) in [6, 6.07) is 2.99. The highest BCUT2D eigenvalue weighted by atomic mass is 35.5. The van der Waals surface area contributed by atoms with E-state index >= 15 is 0 Å².